The standard InChI is InChI=1S/C33H31F2NO3/c1-2-20-39-29-5-3-4-25(21-29)22-6-8-24(9-7-22)32-30(18-19-31(37)23-10-12-26(34)13-11-23)33(38)36(32)28-16-14-27(35)15-17-28/h3-17,21,30-32,37H,2,18-20H2,1H3/t30?,31-,32?/m0/s1. The molecule has 0 saturated carbocycles. The van der Waals surface area contributed by atoms with Crippen molar-refractivity contribution in [2.24, 2.45) is 5.92 Å². The molecular formula is C33H31F2NO3. The van der Waals surface area contributed by atoms with E-state index in [-0.39, 0.29) is 29.5 Å². The van der Waals surface area contributed by atoms with Crippen LogP contribution in [0.1, 0.15) is 49.5 Å². The highest BCUT2D eigenvalue weighted by Crippen LogP contribution is 2.46. The van der Waals surface area contributed by atoms with Gasteiger partial charge in [-0.3, -0.25) is 4.79 Å². The maximum atomic E-state index is 13.6. The summed E-state index contributed by atoms with van der Waals surface area (Å²) in [4.78, 5) is 15.0. The summed E-state index contributed by atoms with van der Waals surface area (Å²) < 4.78 is 32.7. The van der Waals surface area contributed by atoms with Crippen LogP contribution in [0.25, 0.3) is 11.1 Å². The molecule has 0 aromatic heterocycles. The molecule has 0 radical (unpaired) electrons. The van der Waals surface area contributed by atoms with E-state index in [0.717, 1.165) is 28.9 Å². The smallest absolute Gasteiger partial charge is 0.233 e. The zero-order valence-corrected chi connectivity index (χ0v) is 21.8. The van der Waals surface area contributed by atoms with Crippen LogP contribution in [-0.2, 0) is 4.79 Å². The number of carbonyl (C=O) groups is 1. The van der Waals surface area contributed by atoms with Gasteiger partial charge in [0.25, 0.3) is 0 Å². The first-order valence-electron chi connectivity index (χ1n) is 13.3. The second kappa shape index (κ2) is 11.8. The van der Waals surface area contributed by atoms with Crippen molar-refractivity contribution in [3.05, 3.63) is 120 Å². The van der Waals surface area contributed by atoms with Gasteiger partial charge in [0.05, 0.1) is 24.7 Å². The van der Waals surface area contributed by atoms with E-state index in [1.807, 2.05) is 48.5 Å². The average Bonchev–Trinajstić information content (AvgIpc) is 2.96. The molecule has 1 fully saturated rings. The highest BCUT2D eigenvalue weighted by atomic mass is 19.1. The summed E-state index contributed by atoms with van der Waals surface area (Å²) in [5.41, 5.74) is 4.27. The molecule has 1 heterocycles. The number of hydrogen-bond acceptors (Lipinski definition) is 3. The highest BCUT2D eigenvalue weighted by molar-refractivity contribution is 6.03. The van der Waals surface area contributed by atoms with Gasteiger partial charge in [0.1, 0.15) is 17.4 Å². The molecule has 1 N–H and O–H groups in total. The topological polar surface area (TPSA) is 49.8 Å². The number of nitrogens with zero attached hydrogens (tertiary/aromatic N) is 1. The molecule has 1 saturated heterocycles. The summed E-state index contributed by atoms with van der Waals surface area (Å²) in [6.45, 7) is 2.73. The molecule has 1 aliphatic heterocycles. The second-order valence-corrected chi connectivity index (χ2v) is 9.88. The lowest BCUT2D eigenvalue weighted by Gasteiger charge is -2.48. The molecule has 3 atom stereocenters. The van der Waals surface area contributed by atoms with Crippen LogP contribution in [0.15, 0.2) is 97.1 Å². The van der Waals surface area contributed by atoms with Gasteiger partial charge >= 0.3 is 0 Å². The van der Waals surface area contributed by atoms with Gasteiger partial charge in [-0.2, -0.15) is 0 Å². The number of benzene rings is 4. The molecule has 2 unspecified atom stereocenters. The largest absolute Gasteiger partial charge is 0.494 e. The molecule has 0 bridgehead atoms. The van der Waals surface area contributed by atoms with Crippen molar-refractivity contribution in [2.75, 3.05) is 11.5 Å². The quantitative estimate of drug-likeness (QED) is 0.216. The second-order valence-electron chi connectivity index (χ2n) is 9.88. The first-order valence-corrected chi connectivity index (χ1v) is 13.3. The van der Waals surface area contributed by atoms with Crippen LogP contribution >= 0.6 is 0 Å². The van der Waals surface area contributed by atoms with Crippen molar-refractivity contribution >= 4 is 11.6 Å². The normalized spacial score (nSPS) is 17.5. The number of ether oxygens (including phenoxy) is 1. The molecule has 200 valence electrons. The van der Waals surface area contributed by atoms with Crippen LogP contribution in [0.5, 0.6) is 5.75 Å². The predicted octanol–water partition coefficient (Wildman–Crippen LogP) is 7.64. The third-order valence-electron chi connectivity index (χ3n) is 7.22. The summed E-state index contributed by atoms with van der Waals surface area (Å²) in [5, 5.41) is 10.7. The van der Waals surface area contributed by atoms with Gasteiger partial charge in [-0.15, -0.1) is 0 Å². The summed E-state index contributed by atoms with van der Waals surface area (Å²) >= 11 is 0. The average molecular weight is 528 g/mol. The van der Waals surface area contributed by atoms with Crippen molar-refractivity contribution in [1.82, 2.24) is 0 Å². The first kappa shape index (κ1) is 26.6. The van der Waals surface area contributed by atoms with E-state index in [4.69, 9.17) is 4.74 Å². The molecule has 39 heavy (non-hydrogen) atoms. The van der Waals surface area contributed by atoms with Crippen molar-refractivity contribution in [2.45, 2.75) is 38.3 Å². The van der Waals surface area contributed by atoms with Gasteiger partial charge in [0, 0.05) is 5.69 Å². The molecule has 6 heteroatoms. The summed E-state index contributed by atoms with van der Waals surface area (Å²) in [5.74, 6) is -0.314. The Kier molecular flexibility index (Phi) is 8.03. The van der Waals surface area contributed by atoms with Gasteiger partial charge in [-0.25, -0.2) is 8.78 Å². The number of carbonyl (C=O) groups excluding carboxylic acids is 1. The monoisotopic (exact) mass is 527 g/mol. The van der Waals surface area contributed by atoms with Gasteiger partial charge in [-0.05, 0) is 90.0 Å². The zero-order chi connectivity index (χ0) is 27.4. The van der Waals surface area contributed by atoms with Crippen LogP contribution in [0.3, 0.4) is 0 Å². The third kappa shape index (κ3) is 5.86. The van der Waals surface area contributed by atoms with E-state index in [1.165, 1.54) is 24.3 Å². The van der Waals surface area contributed by atoms with E-state index in [0.29, 0.717) is 30.7 Å². The fraction of sp³-hybridized carbons (Fsp3) is 0.242. The van der Waals surface area contributed by atoms with Crippen molar-refractivity contribution < 1.29 is 23.4 Å². The Morgan fingerprint density at radius 2 is 1.54 bits per heavy atom. The minimum atomic E-state index is -0.802. The number of rotatable bonds is 10. The van der Waals surface area contributed by atoms with Crippen LogP contribution in [0.2, 0.25) is 0 Å². The van der Waals surface area contributed by atoms with Gasteiger partial charge < -0.3 is 14.7 Å². The van der Waals surface area contributed by atoms with E-state index in [1.54, 1.807) is 29.2 Å². The third-order valence-corrected chi connectivity index (χ3v) is 7.22. The number of hydrogen-bond donors (Lipinski definition) is 1. The predicted molar refractivity (Wildman–Crippen MR) is 148 cm³/mol. The van der Waals surface area contributed by atoms with Crippen molar-refractivity contribution in [3.8, 4) is 16.9 Å². The van der Waals surface area contributed by atoms with E-state index in [9.17, 15) is 18.7 Å². The number of β-lactam (4-membered cyclic amide) rings is 1. The maximum Gasteiger partial charge on any atom is 0.233 e. The Morgan fingerprint density at radius 1 is 0.872 bits per heavy atom. The molecule has 4 aromatic rings. The van der Waals surface area contributed by atoms with Crippen LogP contribution < -0.4 is 9.64 Å². The number of halogens is 2. The molecule has 0 spiro atoms. The molecule has 0 aliphatic carbocycles. The zero-order valence-electron chi connectivity index (χ0n) is 21.8. The van der Waals surface area contributed by atoms with Gasteiger partial charge in [-0.1, -0.05) is 55.5 Å². The lowest BCUT2D eigenvalue weighted by atomic mass is 9.78. The maximum absolute atomic E-state index is 13.6. The number of aliphatic hydroxyl groups excluding tert-OH is 1. The number of aliphatic hydroxyl groups is 1. The van der Waals surface area contributed by atoms with Crippen molar-refractivity contribution in [1.29, 1.82) is 0 Å². The van der Waals surface area contributed by atoms with Gasteiger partial charge in [0.2, 0.25) is 5.91 Å². The lowest BCUT2D eigenvalue weighted by Crippen LogP contribution is -2.55. The molecule has 4 nitrogen and oxygen atoms in total. The van der Waals surface area contributed by atoms with Crippen LogP contribution in [-0.4, -0.2) is 17.6 Å². The SMILES string of the molecule is CCCOc1cccc(-c2ccc(C3C(CC[C@H](O)c4ccc(F)cc4)C(=O)N3c3ccc(F)cc3)cc2)c1. The number of anilines is 1. The highest BCUT2D eigenvalue weighted by Gasteiger charge is 2.48. The minimum Gasteiger partial charge on any atom is -0.494 e. The molecule has 1 amide bonds. The minimum absolute atomic E-state index is 0.0669. The van der Waals surface area contributed by atoms with E-state index in [2.05, 4.69) is 6.92 Å². The van der Waals surface area contributed by atoms with Crippen molar-refractivity contribution in [3.63, 3.8) is 0 Å². The Balaban J connectivity index is 1.38. The van der Waals surface area contributed by atoms with Crippen LogP contribution in [0.4, 0.5) is 14.5 Å². The Morgan fingerprint density at radius 3 is 2.21 bits per heavy atom. The fourth-order valence-electron chi connectivity index (χ4n) is 5.15. The summed E-state index contributed by atoms with van der Waals surface area (Å²) in [7, 11) is 0. The molecule has 5 rings (SSSR count). The van der Waals surface area contributed by atoms with Gasteiger partial charge in [0.15, 0.2) is 0 Å². The Hall–Kier alpha value is -4.03. The Labute approximate surface area is 227 Å². The summed E-state index contributed by atoms with van der Waals surface area (Å²) in [6.07, 6.45) is 0.950. The molecular weight excluding hydrogens is 496 g/mol. The molecule has 4 aromatic carbocycles. The lowest BCUT2D eigenvalue weighted by molar-refractivity contribution is -0.131. The summed E-state index contributed by atoms with van der Waals surface area (Å²) in [6, 6.07) is 27.5. The fourth-order valence-corrected chi connectivity index (χ4v) is 5.15. The van der Waals surface area contributed by atoms with E-state index >= 15 is 0 Å². The molecule has 1 aliphatic rings. The van der Waals surface area contributed by atoms with E-state index < -0.39 is 6.10 Å². The first-order chi connectivity index (χ1) is 18.9. The van der Waals surface area contributed by atoms with Crippen LogP contribution in [0, 0.1) is 17.6 Å². The number of amides is 1. The Bertz CT molecular complexity index is 1400.